The number of nitrogens with zero attached hydrogens (tertiary/aromatic N) is 1. The maximum absolute atomic E-state index is 5.58. The minimum absolute atomic E-state index is 0.427. The molecule has 1 aliphatic heterocycles. The fourth-order valence-electron chi connectivity index (χ4n) is 3.47. The monoisotopic (exact) mass is 265 g/mol. The molecule has 110 valence electrons. The van der Waals surface area contributed by atoms with Crippen LogP contribution in [0.3, 0.4) is 0 Å². The van der Waals surface area contributed by atoms with Crippen molar-refractivity contribution in [2.75, 3.05) is 19.8 Å². The van der Waals surface area contributed by atoms with Gasteiger partial charge in [0, 0.05) is 31.5 Å². The number of hydrogen-bond acceptors (Lipinski definition) is 2. The zero-order valence-electron chi connectivity index (χ0n) is 13.1. The summed E-state index contributed by atoms with van der Waals surface area (Å²) in [5.74, 6) is 0.718. The predicted molar refractivity (Wildman–Crippen MR) is 81.1 cm³/mol. The Morgan fingerprint density at radius 2 is 1.95 bits per heavy atom. The van der Waals surface area contributed by atoms with Gasteiger partial charge < -0.3 is 9.64 Å². The van der Waals surface area contributed by atoms with Gasteiger partial charge in [0.1, 0.15) is 0 Å². The van der Waals surface area contributed by atoms with Gasteiger partial charge in [0.15, 0.2) is 0 Å². The van der Waals surface area contributed by atoms with E-state index < -0.39 is 0 Å². The Bertz CT molecular complexity index is 300. The normalized spacial score (nSPS) is 22.5. The molecule has 19 heavy (non-hydrogen) atoms. The van der Waals surface area contributed by atoms with Crippen molar-refractivity contribution in [3.05, 3.63) is 12.3 Å². The van der Waals surface area contributed by atoms with E-state index in [-0.39, 0.29) is 0 Å². The second-order valence-corrected chi connectivity index (χ2v) is 6.80. The molecule has 1 aliphatic carbocycles. The van der Waals surface area contributed by atoms with Crippen LogP contribution < -0.4 is 0 Å². The number of hydrogen-bond donors (Lipinski definition) is 0. The quantitative estimate of drug-likeness (QED) is 0.683. The van der Waals surface area contributed by atoms with Gasteiger partial charge in [-0.3, -0.25) is 0 Å². The first-order chi connectivity index (χ1) is 9.09. The Morgan fingerprint density at radius 1 is 1.32 bits per heavy atom. The maximum Gasteiger partial charge on any atom is 0.0471 e. The molecule has 0 aromatic heterocycles. The summed E-state index contributed by atoms with van der Waals surface area (Å²) in [6, 6.07) is 0.802. The summed E-state index contributed by atoms with van der Waals surface area (Å²) in [6.07, 6.45) is 7.55. The Kier molecular flexibility index (Phi) is 4.94. The van der Waals surface area contributed by atoms with Gasteiger partial charge in [-0.2, -0.15) is 0 Å². The van der Waals surface area contributed by atoms with Gasteiger partial charge in [-0.25, -0.2) is 0 Å². The van der Waals surface area contributed by atoms with Crippen LogP contribution in [0, 0.1) is 11.3 Å². The molecule has 2 aliphatic rings. The Hall–Kier alpha value is -0.500. The summed E-state index contributed by atoms with van der Waals surface area (Å²) in [5.41, 5.74) is 1.82. The van der Waals surface area contributed by atoms with Crippen molar-refractivity contribution in [3.8, 4) is 0 Å². The van der Waals surface area contributed by atoms with Gasteiger partial charge >= 0.3 is 0 Å². The highest BCUT2D eigenvalue weighted by Crippen LogP contribution is 2.45. The van der Waals surface area contributed by atoms with Crippen molar-refractivity contribution in [1.82, 2.24) is 4.90 Å². The van der Waals surface area contributed by atoms with Gasteiger partial charge in [0.05, 0.1) is 0 Å². The number of allylic oxidation sites excluding steroid dienone is 1. The van der Waals surface area contributed by atoms with Crippen LogP contribution in [0.5, 0.6) is 0 Å². The molecule has 0 N–H and O–H groups in total. The average Bonchev–Trinajstić information content (AvgIpc) is 3.21. The van der Waals surface area contributed by atoms with Crippen LogP contribution in [-0.4, -0.2) is 30.7 Å². The fraction of sp³-hybridized carbons (Fsp3) is 0.882. The van der Waals surface area contributed by atoms with Crippen molar-refractivity contribution in [1.29, 1.82) is 0 Å². The first-order valence-electron chi connectivity index (χ1n) is 8.11. The standard InChI is InChI=1S/C17H31NO/c1-5-10-18(16-6-7-16)15(4)13-17(14(2)3)8-11-19-12-9-17/h14,16H,4-13H2,1-3H3. The average molecular weight is 265 g/mol. The Morgan fingerprint density at radius 3 is 2.42 bits per heavy atom. The van der Waals surface area contributed by atoms with E-state index in [1.165, 1.54) is 50.8 Å². The summed E-state index contributed by atoms with van der Waals surface area (Å²) in [7, 11) is 0. The summed E-state index contributed by atoms with van der Waals surface area (Å²) >= 11 is 0. The van der Waals surface area contributed by atoms with Gasteiger partial charge in [0.25, 0.3) is 0 Å². The molecule has 0 unspecified atom stereocenters. The molecule has 0 bridgehead atoms. The van der Waals surface area contributed by atoms with Crippen molar-refractivity contribution >= 4 is 0 Å². The van der Waals surface area contributed by atoms with Gasteiger partial charge in [0.2, 0.25) is 0 Å². The summed E-state index contributed by atoms with van der Waals surface area (Å²) in [6.45, 7) is 14.5. The van der Waals surface area contributed by atoms with Crippen LogP contribution in [0.4, 0.5) is 0 Å². The van der Waals surface area contributed by atoms with E-state index in [1.54, 1.807) is 0 Å². The van der Waals surface area contributed by atoms with E-state index in [4.69, 9.17) is 4.74 Å². The number of ether oxygens (including phenoxy) is 1. The minimum atomic E-state index is 0.427. The first kappa shape index (κ1) is 14.9. The third kappa shape index (κ3) is 3.53. The van der Waals surface area contributed by atoms with Crippen LogP contribution in [0.15, 0.2) is 12.3 Å². The van der Waals surface area contributed by atoms with Crippen molar-refractivity contribution in [2.45, 2.75) is 65.3 Å². The summed E-state index contributed by atoms with van der Waals surface area (Å²) < 4.78 is 5.58. The molecule has 2 heteroatoms. The highest BCUT2D eigenvalue weighted by Gasteiger charge is 2.38. The topological polar surface area (TPSA) is 12.5 Å². The van der Waals surface area contributed by atoms with Crippen LogP contribution >= 0.6 is 0 Å². The van der Waals surface area contributed by atoms with Crippen LogP contribution in [0.1, 0.15) is 59.3 Å². The fourth-order valence-corrected chi connectivity index (χ4v) is 3.47. The lowest BCUT2D eigenvalue weighted by molar-refractivity contribution is -0.0138. The molecular formula is C17H31NO. The molecule has 1 saturated heterocycles. The van der Waals surface area contributed by atoms with Crippen LogP contribution in [0.2, 0.25) is 0 Å². The SMILES string of the molecule is C=C(CC1(C(C)C)CCOCC1)N(CCC)C1CC1. The molecule has 2 fully saturated rings. The molecule has 2 rings (SSSR count). The lowest BCUT2D eigenvalue weighted by atomic mass is 9.68. The molecule has 0 spiro atoms. The van der Waals surface area contributed by atoms with E-state index in [9.17, 15) is 0 Å². The summed E-state index contributed by atoms with van der Waals surface area (Å²) in [5, 5.41) is 0. The zero-order valence-corrected chi connectivity index (χ0v) is 13.1. The van der Waals surface area contributed by atoms with E-state index in [0.29, 0.717) is 5.41 Å². The molecule has 1 heterocycles. The lowest BCUT2D eigenvalue weighted by Crippen LogP contribution is -2.38. The minimum Gasteiger partial charge on any atom is -0.381 e. The lowest BCUT2D eigenvalue weighted by Gasteiger charge is -2.43. The van der Waals surface area contributed by atoms with E-state index in [2.05, 4.69) is 32.3 Å². The summed E-state index contributed by atoms with van der Waals surface area (Å²) in [4.78, 5) is 2.60. The molecule has 1 saturated carbocycles. The van der Waals surface area contributed by atoms with Crippen molar-refractivity contribution in [3.63, 3.8) is 0 Å². The first-order valence-corrected chi connectivity index (χ1v) is 8.11. The molecular weight excluding hydrogens is 234 g/mol. The van der Waals surface area contributed by atoms with Gasteiger partial charge in [-0.15, -0.1) is 0 Å². The molecule has 0 radical (unpaired) electrons. The van der Waals surface area contributed by atoms with Crippen LogP contribution in [-0.2, 0) is 4.74 Å². The Balaban J connectivity index is 2.01. The predicted octanol–water partition coefficient (Wildman–Crippen LogP) is 4.22. The van der Waals surface area contributed by atoms with E-state index in [1.807, 2.05) is 0 Å². The van der Waals surface area contributed by atoms with Gasteiger partial charge in [-0.1, -0.05) is 27.4 Å². The third-order valence-corrected chi connectivity index (χ3v) is 5.13. The maximum atomic E-state index is 5.58. The Labute approximate surface area is 119 Å². The molecule has 0 atom stereocenters. The largest absolute Gasteiger partial charge is 0.381 e. The highest BCUT2D eigenvalue weighted by atomic mass is 16.5. The second-order valence-electron chi connectivity index (χ2n) is 6.80. The molecule has 2 nitrogen and oxygen atoms in total. The smallest absolute Gasteiger partial charge is 0.0471 e. The van der Waals surface area contributed by atoms with E-state index >= 15 is 0 Å². The zero-order chi connectivity index (χ0) is 13.9. The molecule has 0 aromatic rings. The third-order valence-electron chi connectivity index (χ3n) is 5.13. The van der Waals surface area contributed by atoms with Crippen molar-refractivity contribution in [2.24, 2.45) is 11.3 Å². The molecule has 0 amide bonds. The second kappa shape index (κ2) is 6.30. The van der Waals surface area contributed by atoms with E-state index in [0.717, 1.165) is 25.2 Å². The molecule has 0 aromatic carbocycles. The van der Waals surface area contributed by atoms with Crippen molar-refractivity contribution < 1.29 is 4.74 Å². The van der Waals surface area contributed by atoms with Crippen LogP contribution in [0.25, 0.3) is 0 Å². The highest BCUT2D eigenvalue weighted by molar-refractivity contribution is 5.06. The number of rotatable bonds is 7. The van der Waals surface area contributed by atoms with Gasteiger partial charge in [-0.05, 0) is 49.9 Å².